The average molecular weight is 500 g/mol. The summed E-state index contributed by atoms with van der Waals surface area (Å²) in [5.41, 5.74) is 3.18. The number of rotatable bonds is 5. The summed E-state index contributed by atoms with van der Waals surface area (Å²) < 4.78 is 21.3. The van der Waals surface area contributed by atoms with Gasteiger partial charge < -0.3 is 20.3 Å². The molecule has 0 unspecified atom stereocenters. The van der Waals surface area contributed by atoms with Crippen LogP contribution < -0.4 is 10.6 Å². The van der Waals surface area contributed by atoms with E-state index in [1.807, 2.05) is 6.20 Å². The van der Waals surface area contributed by atoms with Crippen LogP contribution in [-0.4, -0.2) is 56.5 Å². The zero-order chi connectivity index (χ0) is 24.4. The van der Waals surface area contributed by atoms with Crippen molar-refractivity contribution in [2.75, 3.05) is 25.1 Å². The molecule has 0 bridgehead atoms. The summed E-state index contributed by atoms with van der Waals surface area (Å²) in [7, 11) is 1.79. The van der Waals surface area contributed by atoms with Crippen molar-refractivity contribution in [1.29, 1.82) is 0 Å². The van der Waals surface area contributed by atoms with Gasteiger partial charge in [0.15, 0.2) is 0 Å². The van der Waals surface area contributed by atoms with Gasteiger partial charge in [0, 0.05) is 50.8 Å². The van der Waals surface area contributed by atoms with E-state index in [1.165, 1.54) is 12.1 Å². The molecule has 3 aromatic rings. The zero-order valence-electron chi connectivity index (χ0n) is 19.4. The highest BCUT2D eigenvalue weighted by atomic mass is 35.5. The fourth-order valence-electron chi connectivity index (χ4n) is 4.43. The van der Waals surface area contributed by atoms with Crippen LogP contribution in [0.25, 0.3) is 0 Å². The maximum atomic E-state index is 14.2. The maximum Gasteiger partial charge on any atom is 0.318 e. The Hall–Kier alpha value is -3.24. The number of halogens is 2. The van der Waals surface area contributed by atoms with E-state index in [4.69, 9.17) is 21.3 Å². The number of ether oxygens (including phenoxy) is 1. The van der Waals surface area contributed by atoms with Crippen LogP contribution in [0.3, 0.4) is 0 Å². The Morgan fingerprint density at radius 2 is 2.09 bits per heavy atom. The van der Waals surface area contributed by atoms with Gasteiger partial charge in [0.25, 0.3) is 0 Å². The highest BCUT2D eigenvalue weighted by Crippen LogP contribution is 2.26. The van der Waals surface area contributed by atoms with Crippen molar-refractivity contribution >= 4 is 23.6 Å². The molecule has 5 rings (SSSR count). The first-order valence-electron chi connectivity index (χ1n) is 11.6. The van der Waals surface area contributed by atoms with Crippen molar-refractivity contribution in [2.24, 2.45) is 7.05 Å². The third-order valence-corrected chi connectivity index (χ3v) is 6.70. The summed E-state index contributed by atoms with van der Waals surface area (Å²) in [6.45, 7) is 2.35. The second-order valence-electron chi connectivity index (χ2n) is 8.87. The van der Waals surface area contributed by atoms with Gasteiger partial charge in [-0.3, -0.25) is 4.68 Å². The molecular weight excluding hydrogens is 473 g/mol. The van der Waals surface area contributed by atoms with E-state index in [-0.39, 0.29) is 17.1 Å². The largest absolute Gasteiger partial charge is 0.381 e. The lowest BCUT2D eigenvalue weighted by atomic mass is 10.0. The van der Waals surface area contributed by atoms with Crippen molar-refractivity contribution < 1.29 is 13.9 Å². The van der Waals surface area contributed by atoms with Gasteiger partial charge in [-0.05, 0) is 42.5 Å². The molecule has 1 saturated heterocycles. The Morgan fingerprint density at radius 3 is 2.83 bits per heavy atom. The topological polar surface area (TPSA) is 97.2 Å². The van der Waals surface area contributed by atoms with Crippen molar-refractivity contribution in [3.05, 3.63) is 70.0 Å². The van der Waals surface area contributed by atoms with E-state index in [1.54, 1.807) is 35.1 Å². The van der Waals surface area contributed by atoms with Crippen LogP contribution in [0.5, 0.6) is 0 Å². The SMILES string of the molecule is Cn1cc([C@H](NC(=O)N2CCc3cnc(NC4CCOCC4)nc3C2)c2ccc(Cl)c(F)c2)cn1. The van der Waals surface area contributed by atoms with Crippen LogP contribution in [0.2, 0.25) is 5.02 Å². The number of urea groups is 1. The van der Waals surface area contributed by atoms with Crippen LogP contribution in [0.1, 0.15) is 41.3 Å². The Morgan fingerprint density at radius 1 is 1.26 bits per heavy atom. The molecule has 9 nitrogen and oxygen atoms in total. The molecule has 35 heavy (non-hydrogen) atoms. The van der Waals surface area contributed by atoms with Gasteiger partial charge >= 0.3 is 6.03 Å². The fourth-order valence-corrected chi connectivity index (χ4v) is 4.54. The van der Waals surface area contributed by atoms with E-state index < -0.39 is 11.9 Å². The lowest BCUT2D eigenvalue weighted by Crippen LogP contribution is -2.44. The summed E-state index contributed by atoms with van der Waals surface area (Å²) in [6, 6.07) is 3.97. The molecular formula is C24H27ClFN7O2. The third kappa shape index (κ3) is 5.38. The summed E-state index contributed by atoms with van der Waals surface area (Å²) in [4.78, 5) is 24.2. The van der Waals surface area contributed by atoms with E-state index in [2.05, 4.69) is 20.7 Å². The van der Waals surface area contributed by atoms with E-state index in [0.717, 1.165) is 42.9 Å². The highest BCUT2D eigenvalue weighted by molar-refractivity contribution is 6.30. The highest BCUT2D eigenvalue weighted by Gasteiger charge is 2.27. The molecule has 2 aliphatic heterocycles. The lowest BCUT2D eigenvalue weighted by Gasteiger charge is -2.30. The Balaban J connectivity index is 1.32. The van der Waals surface area contributed by atoms with Gasteiger partial charge in [-0.2, -0.15) is 5.10 Å². The van der Waals surface area contributed by atoms with Gasteiger partial charge in [0.05, 0.1) is 29.5 Å². The summed E-state index contributed by atoms with van der Waals surface area (Å²) in [5, 5.41) is 10.7. The molecule has 2 amide bonds. The van der Waals surface area contributed by atoms with Crippen LogP contribution in [0, 0.1) is 5.82 Å². The number of amides is 2. The molecule has 0 spiro atoms. The standard InChI is InChI=1S/C24H27ClFN7O2/c1-32-13-17(12-28-32)22(15-2-3-19(25)20(26)10-15)31-24(34)33-7-4-16-11-27-23(30-21(16)14-33)29-18-5-8-35-9-6-18/h2-3,10-13,18,22H,4-9,14H2,1H3,(H,31,34)(H,27,29,30)/t22-/m1/s1. The normalized spacial score (nSPS) is 17.1. The number of aromatic nitrogens is 4. The molecule has 1 aromatic carbocycles. The number of nitrogens with zero attached hydrogens (tertiary/aromatic N) is 5. The lowest BCUT2D eigenvalue weighted by molar-refractivity contribution is 0.0903. The Kier molecular flexibility index (Phi) is 6.83. The van der Waals surface area contributed by atoms with E-state index in [9.17, 15) is 9.18 Å². The molecule has 0 aliphatic carbocycles. The molecule has 2 aromatic heterocycles. The molecule has 1 fully saturated rings. The molecule has 1 atom stereocenters. The molecule has 4 heterocycles. The average Bonchev–Trinajstić information content (AvgIpc) is 3.30. The predicted octanol–water partition coefficient (Wildman–Crippen LogP) is 3.45. The second kappa shape index (κ2) is 10.2. The third-order valence-electron chi connectivity index (χ3n) is 6.39. The number of fused-ring (bicyclic) bond motifs is 1. The van der Waals surface area contributed by atoms with E-state index >= 15 is 0 Å². The summed E-state index contributed by atoms with van der Waals surface area (Å²) in [5.74, 6) is 0.0308. The van der Waals surface area contributed by atoms with Gasteiger partial charge in [0.2, 0.25) is 5.95 Å². The maximum absolute atomic E-state index is 14.2. The number of anilines is 1. The number of carbonyl (C=O) groups is 1. The van der Waals surface area contributed by atoms with Crippen molar-refractivity contribution in [1.82, 2.24) is 30.0 Å². The van der Waals surface area contributed by atoms with Crippen molar-refractivity contribution in [3.8, 4) is 0 Å². The first-order valence-corrected chi connectivity index (χ1v) is 12.0. The number of nitrogens with one attached hydrogen (secondary N) is 2. The summed E-state index contributed by atoms with van der Waals surface area (Å²) in [6.07, 6.45) is 7.78. The smallest absolute Gasteiger partial charge is 0.318 e. The first-order chi connectivity index (χ1) is 17.0. The molecule has 0 radical (unpaired) electrons. The van der Waals surface area contributed by atoms with Gasteiger partial charge in [-0.25, -0.2) is 19.2 Å². The predicted molar refractivity (Wildman–Crippen MR) is 129 cm³/mol. The van der Waals surface area contributed by atoms with E-state index in [0.29, 0.717) is 31.0 Å². The van der Waals surface area contributed by atoms with Gasteiger partial charge in [-0.15, -0.1) is 0 Å². The number of aryl methyl sites for hydroxylation is 1. The van der Waals surface area contributed by atoms with Crippen molar-refractivity contribution in [3.63, 3.8) is 0 Å². The Bertz CT molecular complexity index is 1210. The molecule has 11 heteroatoms. The Labute approximate surface area is 207 Å². The molecule has 2 aliphatic rings. The number of hydrogen-bond donors (Lipinski definition) is 2. The molecule has 184 valence electrons. The number of benzene rings is 1. The van der Waals surface area contributed by atoms with Crippen LogP contribution in [0.15, 0.2) is 36.8 Å². The minimum Gasteiger partial charge on any atom is -0.381 e. The second-order valence-corrected chi connectivity index (χ2v) is 9.28. The number of hydrogen-bond acceptors (Lipinski definition) is 6. The number of carbonyl (C=O) groups excluding carboxylic acids is 1. The first kappa shape index (κ1) is 23.5. The quantitative estimate of drug-likeness (QED) is 0.558. The monoisotopic (exact) mass is 499 g/mol. The van der Waals surface area contributed by atoms with Gasteiger partial charge in [-0.1, -0.05) is 17.7 Å². The van der Waals surface area contributed by atoms with Crippen LogP contribution >= 0.6 is 11.6 Å². The van der Waals surface area contributed by atoms with Gasteiger partial charge in [0.1, 0.15) is 5.82 Å². The minimum atomic E-state index is -0.583. The van der Waals surface area contributed by atoms with Crippen molar-refractivity contribution in [2.45, 2.75) is 37.9 Å². The molecule has 0 saturated carbocycles. The fraction of sp³-hybridized carbons (Fsp3) is 0.417. The molecule has 2 N–H and O–H groups in total. The minimum absolute atomic E-state index is 0.0301. The zero-order valence-corrected chi connectivity index (χ0v) is 20.1. The van der Waals surface area contributed by atoms with Crippen LogP contribution in [-0.2, 0) is 24.8 Å². The summed E-state index contributed by atoms with van der Waals surface area (Å²) >= 11 is 5.87. The van der Waals surface area contributed by atoms with Crippen LogP contribution in [0.4, 0.5) is 15.1 Å².